The van der Waals surface area contributed by atoms with Crippen molar-refractivity contribution < 1.29 is 14.4 Å². The SMILES string of the molecule is Cc1ccccc1C(=O)/C=C1\SCC(=O)N1CC(=O)N[C@@H]1CCCc2ccccc21. The molecule has 2 aromatic rings. The molecular weight excluding hydrogens is 396 g/mol. The number of amides is 2. The third kappa shape index (κ3) is 4.33. The van der Waals surface area contributed by atoms with Crippen molar-refractivity contribution in [2.45, 2.75) is 32.2 Å². The molecule has 1 heterocycles. The molecule has 0 bridgehead atoms. The summed E-state index contributed by atoms with van der Waals surface area (Å²) in [6.45, 7) is 1.81. The highest BCUT2D eigenvalue weighted by Gasteiger charge is 2.30. The largest absolute Gasteiger partial charge is 0.348 e. The fourth-order valence-electron chi connectivity index (χ4n) is 4.03. The predicted octanol–water partition coefficient (Wildman–Crippen LogP) is 3.79. The molecule has 2 aliphatic rings. The first-order chi connectivity index (χ1) is 14.5. The first-order valence-corrected chi connectivity index (χ1v) is 11.1. The van der Waals surface area contributed by atoms with E-state index in [1.807, 2.05) is 37.3 Å². The molecule has 1 fully saturated rings. The molecule has 1 aliphatic carbocycles. The molecule has 1 atom stereocenters. The van der Waals surface area contributed by atoms with Crippen molar-refractivity contribution in [3.8, 4) is 0 Å². The van der Waals surface area contributed by atoms with E-state index in [0.29, 0.717) is 10.6 Å². The molecule has 0 spiro atoms. The first-order valence-electron chi connectivity index (χ1n) is 10.1. The lowest BCUT2D eigenvalue weighted by Gasteiger charge is -2.27. The molecule has 1 saturated heterocycles. The summed E-state index contributed by atoms with van der Waals surface area (Å²) in [7, 11) is 0. The fourth-order valence-corrected chi connectivity index (χ4v) is 4.97. The maximum absolute atomic E-state index is 12.8. The minimum atomic E-state index is -0.207. The van der Waals surface area contributed by atoms with Gasteiger partial charge >= 0.3 is 0 Å². The third-order valence-corrected chi connectivity index (χ3v) is 6.61. The number of ketones is 1. The van der Waals surface area contributed by atoms with Gasteiger partial charge in [0.25, 0.3) is 0 Å². The molecule has 0 saturated carbocycles. The maximum Gasteiger partial charge on any atom is 0.240 e. The number of nitrogens with zero attached hydrogens (tertiary/aromatic N) is 1. The number of allylic oxidation sites excluding steroid dienone is 1. The summed E-state index contributed by atoms with van der Waals surface area (Å²) in [5.74, 6) is -0.270. The highest BCUT2D eigenvalue weighted by molar-refractivity contribution is 8.04. The Bertz CT molecular complexity index is 1030. The van der Waals surface area contributed by atoms with Gasteiger partial charge in [-0.15, -0.1) is 0 Å². The number of carbonyl (C=O) groups excluding carboxylic acids is 3. The smallest absolute Gasteiger partial charge is 0.240 e. The highest BCUT2D eigenvalue weighted by Crippen LogP contribution is 2.31. The van der Waals surface area contributed by atoms with Gasteiger partial charge in [-0.1, -0.05) is 60.3 Å². The van der Waals surface area contributed by atoms with Crippen molar-refractivity contribution in [2.75, 3.05) is 12.3 Å². The van der Waals surface area contributed by atoms with Crippen LogP contribution in [0.4, 0.5) is 0 Å². The van der Waals surface area contributed by atoms with Crippen LogP contribution in [0.5, 0.6) is 0 Å². The molecule has 4 rings (SSSR count). The van der Waals surface area contributed by atoms with E-state index >= 15 is 0 Å². The van der Waals surface area contributed by atoms with E-state index in [1.54, 1.807) is 6.07 Å². The zero-order chi connectivity index (χ0) is 21.1. The summed E-state index contributed by atoms with van der Waals surface area (Å²) in [5.41, 5.74) is 3.91. The van der Waals surface area contributed by atoms with Crippen LogP contribution >= 0.6 is 11.8 Å². The number of hydrogen-bond donors (Lipinski definition) is 1. The molecule has 2 amide bonds. The van der Waals surface area contributed by atoms with E-state index in [-0.39, 0.29) is 35.9 Å². The lowest BCUT2D eigenvalue weighted by Crippen LogP contribution is -2.40. The molecule has 1 aliphatic heterocycles. The summed E-state index contributed by atoms with van der Waals surface area (Å²) >= 11 is 1.30. The minimum Gasteiger partial charge on any atom is -0.348 e. The Labute approximate surface area is 180 Å². The summed E-state index contributed by atoms with van der Waals surface area (Å²) < 4.78 is 0. The second-order valence-corrected chi connectivity index (χ2v) is 8.64. The van der Waals surface area contributed by atoms with E-state index in [2.05, 4.69) is 17.4 Å². The lowest BCUT2D eigenvalue weighted by molar-refractivity contribution is -0.131. The van der Waals surface area contributed by atoms with Crippen molar-refractivity contribution in [2.24, 2.45) is 0 Å². The quantitative estimate of drug-likeness (QED) is 0.590. The second kappa shape index (κ2) is 8.88. The number of nitrogens with one attached hydrogen (secondary N) is 1. The van der Waals surface area contributed by atoms with Crippen molar-refractivity contribution in [1.82, 2.24) is 10.2 Å². The van der Waals surface area contributed by atoms with Gasteiger partial charge in [-0.2, -0.15) is 0 Å². The molecule has 0 unspecified atom stereocenters. The number of carbonyl (C=O) groups is 3. The fraction of sp³-hybridized carbons (Fsp3) is 0.292. The molecule has 0 radical (unpaired) electrons. The van der Waals surface area contributed by atoms with E-state index in [1.165, 1.54) is 28.3 Å². The van der Waals surface area contributed by atoms with Crippen LogP contribution in [0, 0.1) is 6.92 Å². The maximum atomic E-state index is 12.8. The predicted molar refractivity (Wildman–Crippen MR) is 118 cm³/mol. The van der Waals surface area contributed by atoms with E-state index in [0.717, 1.165) is 30.4 Å². The van der Waals surface area contributed by atoms with Crippen molar-refractivity contribution in [3.63, 3.8) is 0 Å². The van der Waals surface area contributed by atoms with Gasteiger partial charge in [0.2, 0.25) is 11.8 Å². The van der Waals surface area contributed by atoms with E-state index < -0.39 is 0 Å². The average molecular weight is 421 g/mol. The van der Waals surface area contributed by atoms with Crippen molar-refractivity contribution in [3.05, 3.63) is 81.9 Å². The normalized spacial score (nSPS) is 19.6. The van der Waals surface area contributed by atoms with Gasteiger partial charge in [-0.05, 0) is 42.9 Å². The Hall–Kier alpha value is -2.86. The van der Waals surface area contributed by atoms with Gasteiger partial charge in [0.1, 0.15) is 6.54 Å². The number of aryl methyl sites for hydroxylation is 2. The number of fused-ring (bicyclic) bond motifs is 1. The number of thioether (sulfide) groups is 1. The molecule has 1 N–H and O–H groups in total. The van der Waals surface area contributed by atoms with Gasteiger partial charge in [-0.3, -0.25) is 19.3 Å². The third-order valence-electron chi connectivity index (χ3n) is 5.58. The molecule has 154 valence electrons. The molecule has 5 nitrogen and oxygen atoms in total. The Morgan fingerprint density at radius 2 is 1.93 bits per heavy atom. The summed E-state index contributed by atoms with van der Waals surface area (Å²) in [6, 6.07) is 15.5. The Kier molecular flexibility index (Phi) is 6.04. The van der Waals surface area contributed by atoms with Crippen LogP contribution in [0.2, 0.25) is 0 Å². The lowest BCUT2D eigenvalue weighted by atomic mass is 9.88. The van der Waals surface area contributed by atoms with Crippen molar-refractivity contribution >= 4 is 29.4 Å². The monoisotopic (exact) mass is 420 g/mol. The van der Waals surface area contributed by atoms with E-state index in [9.17, 15) is 14.4 Å². The summed E-state index contributed by atoms with van der Waals surface area (Å²) in [4.78, 5) is 39.2. The van der Waals surface area contributed by atoms with Gasteiger partial charge in [-0.25, -0.2) is 0 Å². The van der Waals surface area contributed by atoms with E-state index in [4.69, 9.17) is 0 Å². The Morgan fingerprint density at radius 1 is 1.17 bits per heavy atom. The summed E-state index contributed by atoms with van der Waals surface area (Å²) in [5, 5.41) is 3.62. The number of hydrogen-bond acceptors (Lipinski definition) is 4. The second-order valence-electron chi connectivity index (χ2n) is 7.64. The van der Waals surface area contributed by atoms with Gasteiger partial charge in [0, 0.05) is 11.6 Å². The highest BCUT2D eigenvalue weighted by atomic mass is 32.2. The number of benzene rings is 2. The van der Waals surface area contributed by atoms with Crippen molar-refractivity contribution in [1.29, 1.82) is 0 Å². The number of rotatable bonds is 5. The molecule has 2 aromatic carbocycles. The zero-order valence-corrected chi connectivity index (χ0v) is 17.7. The van der Waals surface area contributed by atoms with Crippen LogP contribution in [0.25, 0.3) is 0 Å². The minimum absolute atomic E-state index is 0.0335. The Morgan fingerprint density at radius 3 is 2.77 bits per heavy atom. The summed E-state index contributed by atoms with van der Waals surface area (Å²) in [6.07, 6.45) is 4.41. The van der Waals surface area contributed by atoms with Crippen LogP contribution in [-0.2, 0) is 16.0 Å². The van der Waals surface area contributed by atoms with Crippen LogP contribution in [0.3, 0.4) is 0 Å². The molecule has 6 heteroatoms. The first kappa shape index (κ1) is 20.4. The molecular formula is C24H24N2O3S. The van der Waals surface area contributed by atoms with Gasteiger partial charge < -0.3 is 5.32 Å². The average Bonchev–Trinajstić information content (AvgIpc) is 3.07. The van der Waals surface area contributed by atoms with Gasteiger partial charge in [0.15, 0.2) is 5.78 Å². The zero-order valence-electron chi connectivity index (χ0n) is 16.9. The topological polar surface area (TPSA) is 66.5 Å². The van der Waals surface area contributed by atoms with Crippen LogP contribution < -0.4 is 5.32 Å². The van der Waals surface area contributed by atoms with Gasteiger partial charge in [0.05, 0.1) is 16.8 Å². The van der Waals surface area contributed by atoms with Crippen LogP contribution in [0.1, 0.15) is 45.9 Å². The standard InChI is InChI=1S/C24H24N2O3S/c1-16-7-2-4-10-18(16)21(27)13-24-26(23(29)15-30-24)14-22(28)25-20-12-6-9-17-8-3-5-11-19(17)20/h2-5,7-8,10-11,13,20H,6,9,12,14-15H2,1H3,(H,25,28)/b24-13-/t20-/m1/s1. The Balaban J connectivity index is 1.46. The van der Waals surface area contributed by atoms with Crippen LogP contribution in [-0.4, -0.2) is 34.8 Å². The van der Waals surface area contributed by atoms with Crippen LogP contribution in [0.15, 0.2) is 59.6 Å². The molecule has 30 heavy (non-hydrogen) atoms. The molecule has 0 aromatic heterocycles.